The fraction of sp³-hybridized carbons (Fsp3) is 0.706. The van der Waals surface area contributed by atoms with E-state index in [1.165, 1.54) is 37.2 Å². The summed E-state index contributed by atoms with van der Waals surface area (Å²) in [7, 11) is 0. The minimum absolute atomic E-state index is 0.0732. The van der Waals surface area contributed by atoms with E-state index in [0.717, 1.165) is 19.4 Å². The summed E-state index contributed by atoms with van der Waals surface area (Å²) in [5, 5.41) is 5.22. The van der Waals surface area contributed by atoms with E-state index >= 15 is 0 Å². The zero-order valence-corrected chi connectivity index (χ0v) is 14.2. The quantitative estimate of drug-likeness (QED) is 0.837. The molecule has 1 saturated heterocycles. The molecule has 0 saturated carbocycles. The molecule has 4 heteroatoms. The minimum atomic E-state index is 0.0732. The average molecular weight is 308 g/mol. The molecule has 1 aliphatic rings. The van der Waals surface area contributed by atoms with Gasteiger partial charge in [-0.1, -0.05) is 12.5 Å². The molecule has 118 valence electrons. The molecule has 1 aromatic rings. The molecule has 1 amide bonds. The summed E-state index contributed by atoms with van der Waals surface area (Å²) in [6, 6.07) is 4.21. The minimum Gasteiger partial charge on any atom is -0.354 e. The van der Waals surface area contributed by atoms with E-state index in [0.29, 0.717) is 6.42 Å². The number of carbonyl (C=O) groups excluding carboxylic acids is 1. The van der Waals surface area contributed by atoms with Crippen molar-refractivity contribution in [3.63, 3.8) is 0 Å². The molecule has 1 fully saturated rings. The number of carbonyl (C=O) groups is 1. The predicted molar refractivity (Wildman–Crippen MR) is 89.8 cm³/mol. The van der Waals surface area contributed by atoms with Crippen molar-refractivity contribution < 1.29 is 4.79 Å². The van der Waals surface area contributed by atoms with Crippen LogP contribution in [0.25, 0.3) is 0 Å². The number of rotatable bonds is 7. The van der Waals surface area contributed by atoms with Gasteiger partial charge in [0.15, 0.2) is 0 Å². The van der Waals surface area contributed by atoms with Crippen molar-refractivity contribution in [3.05, 3.63) is 22.4 Å². The first kappa shape index (κ1) is 16.5. The van der Waals surface area contributed by atoms with E-state index < -0.39 is 0 Å². The van der Waals surface area contributed by atoms with Crippen LogP contribution in [0.4, 0.5) is 0 Å². The van der Waals surface area contributed by atoms with Crippen LogP contribution in [0.2, 0.25) is 0 Å². The number of hydrogen-bond acceptors (Lipinski definition) is 3. The largest absolute Gasteiger partial charge is 0.354 e. The normalized spacial score (nSPS) is 16.9. The van der Waals surface area contributed by atoms with Crippen LogP contribution in [0.3, 0.4) is 0 Å². The van der Waals surface area contributed by atoms with Gasteiger partial charge < -0.3 is 5.32 Å². The van der Waals surface area contributed by atoms with E-state index in [-0.39, 0.29) is 11.4 Å². The number of piperidine rings is 1. The van der Waals surface area contributed by atoms with Crippen LogP contribution >= 0.6 is 11.3 Å². The van der Waals surface area contributed by atoms with Gasteiger partial charge in [-0.2, -0.15) is 0 Å². The summed E-state index contributed by atoms with van der Waals surface area (Å²) < 4.78 is 0. The van der Waals surface area contributed by atoms with Crippen molar-refractivity contribution in [2.45, 2.75) is 57.9 Å². The number of likely N-dealkylation sites (tertiary alicyclic amines) is 1. The van der Waals surface area contributed by atoms with E-state index in [9.17, 15) is 4.79 Å². The van der Waals surface area contributed by atoms with Crippen LogP contribution in [0.5, 0.6) is 0 Å². The molecule has 2 rings (SSSR count). The molecule has 0 aromatic carbocycles. The fourth-order valence-corrected chi connectivity index (χ4v) is 3.64. The smallest absolute Gasteiger partial charge is 0.220 e. The van der Waals surface area contributed by atoms with Gasteiger partial charge in [-0.3, -0.25) is 9.69 Å². The third kappa shape index (κ3) is 5.44. The van der Waals surface area contributed by atoms with Crippen LogP contribution < -0.4 is 5.32 Å². The Hall–Kier alpha value is -0.870. The van der Waals surface area contributed by atoms with E-state index in [2.05, 4.69) is 41.6 Å². The Morgan fingerprint density at radius 1 is 1.33 bits per heavy atom. The molecule has 2 heterocycles. The summed E-state index contributed by atoms with van der Waals surface area (Å²) in [6.07, 6.45) is 6.52. The molecule has 0 radical (unpaired) electrons. The topological polar surface area (TPSA) is 32.3 Å². The van der Waals surface area contributed by atoms with E-state index in [1.54, 1.807) is 11.3 Å². The van der Waals surface area contributed by atoms with E-state index in [1.807, 2.05) is 0 Å². The van der Waals surface area contributed by atoms with Crippen molar-refractivity contribution in [2.75, 3.05) is 19.6 Å². The molecule has 0 unspecified atom stereocenters. The average Bonchev–Trinajstić information content (AvgIpc) is 2.99. The second-order valence-electron chi connectivity index (χ2n) is 6.57. The van der Waals surface area contributed by atoms with Gasteiger partial charge in [-0.25, -0.2) is 0 Å². The first-order valence-electron chi connectivity index (χ1n) is 8.12. The molecule has 1 aromatic heterocycles. The highest BCUT2D eigenvalue weighted by Crippen LogP contribution is 2.20. The van der Waals surface area contributed by atoms with Gasteiger partial charge >= 0.3 is 0 Å². The number of nitrogens with zero attached hydrogens (tertiary/aromatic N) is 1. The molecule has 0 aliphatic carbocycles. The van der Waals surface area contributed by atoms with Crippen molar-refractivity contribution in [1.82, 2.24) is 10.2 Å². The summed E-state index contributed by atoms with van der Waals surface area (Å²) in [5.41, 5.74) is 0.0732. The van der Waals surface area contributed by atoms with Gasteiger partial charge in [0.25, 0.3) is 0 Å². The van der Waals surface area contributed by atoms with E-state index in [4.69, 9.17) is 0 Å². The zero-order chi connectivity index (χ0) is 15.1. The Labute approximate surface area is 132 Å². The second-order valence-corrected chi connectivity index (χ2v) is 7.60. The molecular weight excluding hydrogens is 280 g/mol. The molecule has 3 nitrogen and oxygen atoms in total. The highest BCUT2D eigenvalue weighted by atomic mass is 32.1. The van der Waals surface area contributed by atoms with Crippen molar-refractivity contribution >= 4 is 17.2 Å². The third-order valence-corrected chi connectivity index (χ3v) is 5.27. The lowest BCUT2D eigenvalue weighted by Gasteiger charge is -2.41. The van der Waals surface area contributed by atoms with Crippen LogP contribution in [0, 0.1) is 0 Å². The SMILES string of the molecule is CC(C)(CNC(=O)CCCc1cccs1)N1CCCCC1. The zero-order valence-electron chi connectivity index (χ0n) is 13.4. The van der Waals surface area contributed by atoms with Crippen LogP contribution in [0.15, 0.2) is 17.5 Å². The van der Waals surface area contributed by atoms with Gasteiger partial charge in [-0.05, 0) is 64.1 Å². The maximum atomic E-state index is 12.0. The predicted octanol–water partition coefficient (Wildman–Crippen LogP) is 3.45. The number of nitrogens with one attached hydrogen (secondary N) is 1. The molecule has 0 atom stereocenters. The van der Waals surface area contributed by atoms with Gasteiger partial charge in [0.2, 0.25) is 5.91 Å². The first-order chi connectivity index (χ1) is 10.1. The Morgan fingerprint density at radius 3 is 2.76 bits per heavy atom. The Bertz CT molecular complexity index is 422. The molecule has 0 spiro atoms. The monoisotopic (exact) mass is 308 g/mol. The molecule has 1 N–H and O–H groups in total. The van der Waals surface area contributed by atoms with Crippen molar-refractivity contribution in [1.29, 1.82) is 0 Å². The lowest BCUT2D eigenvalue weighted by atomic mass is 9.98. The van der Waals surface area contributed by atoms with Crippen LogP contribution in [-0.2, 0) is 11.2 Å². The molecular formula is C17H28N2OS. The maximum absolute atomic E-state index is 12.0. The van der Waals surface area contributed by atoms with Gasteiger partial charge in [0.05, 0.1) is 0 Å². The fourth-order valence-electron chi connectivity index (χ4n) is 2.89. The lowest BCUT2D eigenvalue weighted by molar-refractivity contribution is -0.121. The molecule has 0 bridgehead atoms. The Balaban J connectivity index is 1.65. The second kappa shape index (κ2) is 7.95. The number of hydrogen-bond donors (Lipinski definition) is 1. The highest BCUT2D eigenvalue weighted by molar-refractivity contribution is 7.09. The summed E-state index contributed by atoms with van der Waals surface area (Å²) in [6.45, 7) is 7.57. The molecule has 21 heavy (non-hydrogen) atoms. The van der Waals surface area contributed by atoms with Crippen LogP contribution in [-0.4, -0.2) is 36.0 Å². The number of thiophene rings is 1. The Kier molecular flexibility index (Phi) is 6.24. The molecule has 1 aliphatic heterocycles. The number of amides is 1. The van der Waals surface area contributed by atoms with Crippen LogP contribution in [0.1, 0.15) is 50.8 Å². The van der Waals surface area contributed by atoms with Gasteiger partial charge in [0, 0.05) is 23.4 Å². The van der Waals surface area contributed by atoms with Gasteiger partial charge in [-0.15, -0.1) is 11.3 Å². The summed E-state index contributed by atoms with van der Waals surface area (Å²) in [4.78, 5) is 15.9. The summed E-state index contributed by atoms with van der Waals surface area (Å²) in [5.74, 6) is 0.191. The first-order valence-corrected chi connectivity index (χ1v) is 9.00. The maximum Gasteiger partial charge on any atom is 0.220 e. The highest BCUT2D eigenvalue weighted by Gasteiger charge is 2.27. The number of aryl methyl sites for hydroxylation is 1. The summed E-state index contributed by atoms with van der Waals surface area (Å²) >= 11 is 1.77. The van der Waals surface area contributed by atoms with Crippen molar-refractivity contribution in [2.24, 2.45) is 0 Å². The van der Waals surface area contributed by atoms with Crippen molar-refractivity contribution in [3.8, 4) is 0 Å². The third-order valence-electron chi connectivity index (χ3n) is 4.34. The van der Waals surface area contributed by atoms with Gasteiger partial charge in [0.1, 0.15) is 0 Å². The Morgan fingerprint density at radius 2 is 2.10 bits per heavy atom. The lowest BCUT2D eigenvalue weighted by Crippen LogP contribution is -2.53. The standard InChI is InChI=1S/C17H28N2OS/c1-17(2,19-11-4-3-5-12-19)14-18-16(20)10-6-8-15-9-7-13-21-15/h7,9,13H,3-6,8,10-12,14H2,1-2H3,(H,18,20).